The molecular weight excluding hydrogens is 438 g/mol. The van der Waals surface area contributed by atoms with Crippen LogP contribution in [0.2, 0.25) is 0 Å². The number of hydrogen-bond donors (Lipinski definition) is 1. The number of carbonyl (C=O) groups excluding carboxylic acids is 1. The topological polar surface area (TPSA) is 54.0 Å². The SMILES string of the molecule is CCc1ccc(NC(=O)N(CCCN2CCOCC2)Cc2cccc(Oc3ccccc3)c2)cc1. The third kappa shape index (κ3) is 7.84. The quantitative estimate of drug-likeness (QED) is 0.404. The molecule has 0 aromatic heterocycles. The van der Waals surface area contributed by atoms with E-state index in [9.17, 15) is 4.79 Å². The zero-order valence-corrected chi connectivity index (χ0v) is 20.5. The van der Waals surface area contributed by atoms with Crippen LogP contribution in [0.4, 0.5) is 10.5 Å². The van der Waals surface area contributed by atoms with Gasteiger partial charge >= 0.3 is 6.03 Å². The van der Waals surface area contributed by atoms with Crippen LogP contribution in [0, 0.1) is 0 Å². The summed E-state index contributed by atoms with van der Waals surface area (Å²) in [6, 6.07) is 25.7. The number of nitrogens with zero attached hydrogens (tertiary/aromatic N) is 2. The predicted octanol–water partition coefficient (Wildman–Crippen LogP) is 5.80. The number of urea groups is 1. The number of benzene rings is 3. The molecule has 0 spiro atoms. The number of morpholine rings is 1. The summed E-state index contributed by atoms with van der Waals surface area (Å²) in [5.74, 6) is 1.55. The lowest BCUT2D eigenvalue weighted by Gasteiger charge is -2.28. The number of anilines is 1. The van der Waals surface area contributed by atoms with Crippen molar-refractivity contribution < 1.29 is 14.3 Å². The average Bonchev–Trinajstić information content (AvgIpc) is 2.90. The number of amides is 2. The highest BCUT2D eigenvalue weighted by Gasteiger charge is 2.16. The number of para-hydroxylation sites is 1. The number of hydrogen-bond acceptors (Lipinski definition) is 4. The maximum atomic E-state index is 13.3. The summed E-state index contributed by atoms with van der Waals surface area (Å²) in [6.07, 6.45) is 1.88. The van der Waals surface area contributed by atoms with E-state index in [0.717, 1.165) is 68.4 Å². The zero-order valence-electron chi connectivity index (χ0n) is 20.5. The molecule has 0 bridgehead atoms. The molecule has 35 heavy (non-hydrogen) atoms. The Labute approximate surface area is 208 Å². The Bertz CT molecular complexity index is 1050. The number of carbonyl (C=O) groups is 1. The summed E-state index contributed by atoms with van der Waals surface area (Å²) >= 11 is 0. The molecule has 3 aromatic rings. The van der Waals surface area contributed by atoms with Gasteiger partial charge in [-0.1, -0.05) is 49.4 Å². The van der Waals surface area contributed by atoms with E-state index in [1.54, 1.807) is 0 Å². The van der Waals surface area contributed by atoms with Gasteiger partial charge in [-0.05, 0) is 60.4 Å². The summed E-state index contributed by atoms with van der Waals surface area (Å²) in [5.41, 5.74) is 3.09. The molecule has 0 saturated carbocycles. The minimum Gasteiger partial charge on any atom is -0.457 e. The largest absolute Gasteiger partial charge is 0.457 e. The Morgan fingerprint density at radius 3 is 2.43 bits per heavy atom. The molecule has 0 atom stereocenters. The maximum absolute atomic E-state index is 13.3. The van der Waals surface area contributed by atoms with Gasteiger partial charge in [-0.3, -0.25) is 4.90 Å². The Balaban J connectivity index is 1.42. The molecule has 6 nitrogen and oxygen atoms in total. The van der Waals surface area contributed by atoms with E-state index >= 15 is 0 Å². The van der Waals surface area contributed by atoms with Gasteiger partial charge in [-0.2, -0.15) is 0 Å². The first kappa shape index (κ1) is 24.8. The second-order valence-corrected chi connectivity index (χ2v) is 8.77. The van der Waals surface area contributed by atoms with E-state index in [0.29, 0.717) is 13.1 Å². The molecule has 4 rings (SSSR count). The molecule has 0 radical (unpaired) electrons. The van der Waals surface area contributed by atoms with E-state index < -0.39 is 0 Å². The molecule has 1 aliphatic heterocycles. The van der Waals surface area contributed by atoms with Crippen LogP contribution in [0.3, 0.4) is 0 Å². The van der Waals surface area contributed by atoms with E-state index in [1.807, 2.05) is 71.6 Å². The van der Waals surface area contributed by atoms with Crippen LogP contribution in [0.15, 0.2) is 78.9 Å². The monoisotopic (exact) mass is 473 g/mol. The minimum atomic E-state index is -0.0920. The van der Waals surface area contributed by atoms with Crippen molar-refractivity contribution in [2.45, 2.75) is 26.3 Å². The maximum Gasteiger partial charge on any atom is 0.322 e. The number of rotatable bonds is 10. The van der Waals surface area contributed by atoms with Gasteiger partial charge in [-0.25, -0.2) is 4.79 Å². The fraction of sp³-hybridized carbons (Fsp3) is 0.345. The molecule has 1 fully saturated rings. The Morgan fingerprint density at radius 1 is 0.943 bits per heavy atom. The summed E-state index contributed by atoms with van der Waals surface area (Å²) < 4.78 is 11.5. The molecule has 2 amide bonds. The molecule has 1 saturated heterocycles. The minimum absolute atomic E-state index is 0.0920. The molecule has 1 N–H and O–H groups in total. The van der Waals surface area contributed by atoms with Gasteiger partial charge in [0.1, 0.15) is 11.5 Å². The summed E-state index contributed by atoms with van der Waals surface area (Å²) in [7, 11) is 0. The molecule has 3 aromatic carbocycles. The van der Waals surface area contributed by atoms with Gasteiger partial charge in [0, 0.05) is 38.4 Å². The fourth-order valence-electron chi connectivity index (χ4n) is 4.14. The first-order valence-corrected chi connectivity index (χ1v) is 12.5. The van der Waals surface area contributed by atoms with Crippen molar-refractivity contribution in [2.24, 2.45) is 0 Å². The molecular formula is C29H35N3O3. The van der Waals surface area contributed by atoms with E-state index in [1.165, 1.54) is 5.56 Å². The van der Waals surface area contributed by atoms with Crippen LogP contribution in [0.1, 0.15) is 24.5 Å². The van der Waals surface area contributed by atoms with Crippen LogP contribution < -0.4 is 10.1 Å². The van der Waals surface area contributed by atoms with E-state index in [2.05, 4.69) is 29.3 Å². The lowest BCUT2D eigenvalue weighted by atomic mass is 10.1. The molecule has 0 aliphatic carbocycles. The van der Waals surface area contributed by atoms with Crippen molar-refractivity contribution >= 4 is 11.7 Å². The Kier molecular flexibility index (Phi) is 9.15. The molecule has 184 valence electrons. The van der Waals surface area contributed by atoms with Crippen LogP contribution in [-0.2, 0) is 17.7 Å². The van der Waals surface area contributed by atoms with E-state index in [-0.39, 0.29) is 6.03 Å². The van der Waals surface area contributed by atoms with Gasteiger partial charge in [0.2, 0.25) is 0 Å². The fourth-order valence-corrected chi connectivity index (χ4v) is 4.14. The third-order valence-corrected chi connectivity index (χ3v) is 6.16. The van der Waals surface area contributed by atoms with Crippen molar-refractivity contribution in [3.8, 4) is 11.5 Å². The first-order chi connectivity index (χ1) is 17.2. The van der Waals surface area contributed by atoms with Gasteiger partial charge < -0.3 is 19.7 Å². The number of ether oxygens (including phenoxy) is 2. The average molecular weight is 474 g/mol. The zero-order chi connectivity index (χ0) is 24.3. The van der Waals surface area contributed by atoms with Crippen LogP contribution in [0.5, 0.6) is 11.5 Å². The first-order valence-electron chi connectivity index (χ1n) is 12.5. The van der Waals surface area contributed by atoms with Crippen LogP contribution >= 0.6 is 0 Å². The lowest BCUT2D eigenvalue weighted by Crippen LogP contribution is -2.40. The second-order valence-electron chi connectivity index (χ2n) is 8.77. The van der Waals surface area contributed by atoms with Crippen molar-refractivity contribution in [2.75, 3.05) is 44.7 Å². The van der Waals surface area contributed by atoms with Crippen molar-refractivity contribution in [3.05, 3.63) is 90.0 Å². The predicted molar refractivity (Wildman–Crippen MR) is 140 cm³/mol. The highest BCUT2D eigenvalue weighted by atomic mass is 16.5. The van der Waals surface area contributed by atoms with Gasteiger partial charge in [0.15, 0.2) is 0 Å². The molecule has 0 unspecified atom stereocenters. The van der Waals surface area contributed by atoms with Crippen LogP contribution in [0.25, 0.3) is 0 Å². The Hall–Kier alpha value is -3.35. The standard InChI is InChI=1S/C29H35N3O3/c1-2-24-12-14-26(15-13-24)30-29(33)32(17-7-16-31-18-20-34-21-19-31)23-25-8-6-11-28(22-25)35-27-9-4-3-5-10-27/h3-6,8-15,22H,2,7,16-21,23H2,1H3,(H,30,33). The summed E-state index contributed by atoms with van der Waals surface area (Å²) in [5, 5.41) is 3.08. The third-order valence-electron chi connectivity index (χ3n) is 6.16. The second kappa shape index (κ2) is 12.9. The highest BCUT2D eigenvalue weighted by molar-refractivity contribution is 5.89. The normalized spacial score (nSPS) is 13.9. The summed E-state index contributed by atoms with van der Waals surface area (Å²) in [4.78, 5) is 17.6. The van der Waals surface area contributed by atoms with Gasteiger partial charge in [-0.15, -0.1) is 0 Å². The van der Waals surface area contributed by atoms with Crippen LogP contribution in [-0.4, -0.2) is 55.2 Å². The summed E-state index contributed by atoms with van der Waals surface area (Å²) in [6.45, 7) is 7.73. The number of aryl methyl sites for hydroxylation is 1. The van der Waals surface area contributed by atoms with E-state index in [4.69, 9.17) is 9.47 Å². The van der Waals surface area contributed by atoms with Gasteiger partial charge in [0.25, 0.3) is 0 Å². The van der Waals surface area contributed by atoms with Gasteiger partial charge in [0.05, 0.1) is 13.2 Å². The molecule has 1 heterocycles. The van der Waals surface area contributed by atoms with Crippen molar-refractivity contribution in [1.82, 2.24) is 9.80 Å². The van der Waals surface area contributed by atoms with Crippen molar-refractivity contribution in [3.63, 3.8) is 0 Å². The Morgan fingerprint density at radius 2 is 1.69 bits per heavy atom. The lowest BCUT2D eigenvalue weighted by molar-refractivity contribution is 0.0365. The molecule has 6 heteroatoms. The smallest absolute Gasteiger partial charge is 0.322 e. The van der Waals surface area contributed by atoms with Crippen molar-refractivity contribution in [1.29, 1.82) is 0 Å². The number of nitrogens with one attached hydrogen (secondary N) is 1. The molecule has 1 aliphatic rings. The highest BCUT2D eigenvalue weighted by Crippen LogP contribution is 2.23.